The Kier molecular flexibility index (Phi) is 7.43. The normalized spacial score (nSPS) is 60.3. The molecule has 7 fully saturated rings. The molecule has 0 unspecified atom stereocenters. The van der Waals surface area contributed by atoms with Crippen molar-refractivity contribution in [3.8, 4) is 0 Å². The maximum absolute atomic E-state index is 10.5. The molecule has 7 rings (SSSR count). The van der Waals surface area contributed by atoms with Crippen molar-refractivity contribution in [3.63, 3.8) is 0 Å². The van der Waals surface area contributed by atoms with Gasteiger partial charge in [0.2, 0.25) is 0 Å². The summed E-state index contributed by atoms with van der Waals surface area (Å²) in [5.74, 6) is 4.08. The molecule has 4 N–H and O–H groups in total. The van der Waals surface area contributed by atoms with Gasteiger partial charge in [0.15, 0.2) is 12.1 Å². The predicted octanol–water partition coefficient (Wildman–Crippen LogP) is 3.62. The van der Waals surface area contributed by atoms with Gasteiger partial charge in [-0.2, -0.15) is 0 Å². The molecule has 0 aromatic heterocycles. The van der Waals surface area contributed by atoms with E-state index in [9.17, 15) is 20.4 Å². The summed E-state index contributed by atoms with van der Waals surface area (Å²) in [6.07, 6.45) is 5.64. The van der Waals surface area contributed by atoms with Crippen molar-refractivity contribution in [1.29, 1.82) is 0 Å². The van der Waals surface area contributed by atoms with E-state index in [1.54, 1.807) is 0 Å². The third-order valence-corrected chi connectivity index (χ3v) is 14.1. The minimum absolute atomic E-state index is 0.0607. The number of ether oxygens (including phenoxy) is 4. The lowest BCUT2D eigenvalue weighted by atomic mass is 9.44. The monoisotopic (exact) mass is 578 g/mol. The van der Waals surface area contributed by atoms with Crippen molar-refractivity contribution < 1.29 is 39.4 Å². The van der Waals surface area contributed by atoms with E-state index in [0.717, 1.165) is 50.0 Å². The third-order valence-electron chi connectivity index (χ3n) is 14.1. The molecular weight excluding hydrogens is 524 g/mol. The van der Waals surface area contributed by atoms with E-state index in [1.165, 1.54) is 38.5 Å². The van der Waals surface area contributed by atoms with Gasteiger partial charge in [-0.3, -0.25) is 0 Å². The summed E-state index contributed by atoms with van der Waals surface area (Å²) in [5.41, 5.74) is 0.612. The highest BCUT2D eigenvalue weighted by atomic mass is 16.7. The molecule has 3 heterocycles. The molecule has 3 saturated heterocycles. The van der Waals surface area contributed by atoms with Gasteiger partial charge in [-0.25, -0.2) is 0 Å². The van der Waals surface area contributed by atoms with Crippen LogP contribution in [-0.4, -0.2) is 82.3 Å². The van der Waals surface area contributed by atoms with Crippen molar-refractivity contribution >= 4 is 0 Å². The highest BCUT2D eigenvalue weighted by Gasteiger charge is 2.69. The first-order valence-electron chi connectivity index (χ1n) is 16.8. The number of hydrogen-bond acceptors (Lipinski definition) is 8. The molecule has 0 amide bonds. The first-order valence-corrected chi connectivity index (χ1v) is 16.8. The second kappa shape index (κ2) is 10.4. The molecular formula is C33H54O8. The number of hydrogen-bond donors (Lipinski definition) is 4. The second-order valence-corrected chi connectivity index (χ2v) is 15.9. The number of rotatable bonds is 3. The number of aliphatic hydroxyl groups excluding tert-OH is 4. The third kappa shape index (κ3) is 4.36. The van der Waals surface area contributed by atoms with Gasteiger partial charge in [-0.05, 0) is 104 Å². The lowest BCUT2D eigenvalue weighted by Crippen LogP contribution is -2.60. The molecule has 4 aliphatic carbocycles. The molecule has 4 saturated carbocycles. The van der Waals surface area contributed by atoms with Crippen LogP contribution < -0.4 is 0 Å². The second-order valence-electron chi connectivity index (χ2n) is 15.9. The van der Waals surface area contributed by atoms with Crippen molar-refractivity contribution in [2.24, 2.45) is 52.3 Å². The maximum atomic E-state index is 10.5. The first kappa shape index (κ1) is 29.4. The van der Waals surface area contributed by atoms with Gasteiger partial charge in [0, 0.05) is 12.3 Å². The van der Waals surface area contributed by atoms with Crippen molar-refractivity contribution in [2.75, 3.05) is 13.2 Å². The summed E-state index contributed by atoms with van der Waals surface area (Å²) in [7, 11) is 0. The summed E-state index contributed by atoms with van der Waals surface area (Å²) in [6, 6.07) is 0. The molecule has 0 aromatic carbocycles. The van der Waals surface area contributed by atoms with Crippen molar-refractivity contribution in [2.45, 2.75) is 141 Å². The number of aliphatic hydroxyl groups is 4. The van der Waals surface area contributed by atoms with Crippen LogP contribution in [-0.2, 0) is 18.9 Å². The average Bonchev–Trinajstić information content (AvgIpc) is 3.40. The van der Waals surface area contributed by atoms with Crippen LogP contribution in [0.3, 0.4) is 0 Å². The van der Waals surface area contributed by atoms with Crippen molar-refractivity contribution in [3.05, 3.63) is 0 Å². The van der Waals surface area contributed by atoms with E-state index >= 15 is 0 Å². The molecule has 7 aliphatic rings. The summed E-state index contributed by atoms with van der Waals surface area (Å²) >= 11 is 0. The fraction of sp³-hybridized carbons (Fsp3) is 1.00. The summed E-state index contributed by atoms with van der Waals surface area (Å²) in [6.45, 7) is 10.3. The predicted molar refractivity (Wildman–Crippen MR) is 150 cm³/mol. The zero-order chi connectivity index (χ0) is 28.9. The van der Waals surface area contributed by atoms with E-state index in [0.29, 0.717) is 35.2 Å². The molecule has 17 atom stereocenters. The highest BCUT2D eigenvalue weighted by Crippen LogP contribution is 2.71. The van der Waals surface area contributed by atoms with Gasteiger partial charge >= 0.3 is 0 Å². The fourth-order valence-electron chi connectivity index (χ4n) is 11.7. The van der Waals surface area contributed by atoms with Crippen LogP contribution >= 0.6 is 0 Å². The lowest BCUT2D eigenvalue weighted by molar-refractivity contribution is -0.316. The van der Waals surface area contributed by atoms with Crippen LogP contribution in [0.5, 0.6) is 0 Å². The van der Waals surface area contributed by atoms with Crippen LogP contribution in [0.15, 0.2) is 0 Å². The maximum Gasteiger partial charge on any atom is 0.186 e. The Morgan fingerprint density at radius 2 is 1.61 bits per heavy atom. The van der Waals surface area contributed by atoms with Gasteiger partial charge in [0.05, 0.1) is 25.4 Å². The Morgan fingerprint density at radius 1 is 0.829 bits per heavy atom. The molecule has 41 heavy (non-hydrogen) atoms. The quantitative estimate of drug-likeness (QED) is 0.375. The van der Waals surface area contributed by atoms with Gasteiger partial charge in [-0.15, -0.1) is 0 Å². The Morgan fingerprint density at radius 3 is 2.34 bits per heavy atom. The van der Waals surface area contributed by atoms with E-state index < -0.39 is 37.3 Å². The minimum Gasteiger partial charge on any atom is -0.394 e. The molecule has 0 radical (unpaired) electrons. The molecule has 0 bridgehead atoms. The van der Waals surface area contributed by atoms with Gasteiger partial charge in [0.1, 0.15) is 24.4 Å². The largest absolute Gasteiger partial charge is 0.394 e. The summed E-state index contributed by atoms with van der Waals surface area (Å²) in [5, 5.41) is 40.4. The lowest BCUT2D eigenvalue weighted by Gasteiger charge is -2.61. The molecule has 234 valence electrons. The van der Waals surface area contributed by atoms with Gasteiger partial charge in [0.25, 0.3) is 0 Å². The van der Waals surface area contributed by atoms with Crippen LogP contribution in [0.1, 0.15) is 91.9 Å². The summed E-state index contributed by atoms with van der Waals surface area (Å²) < 4.78 is 25.4. The Balaban J connectivity index is 1.03. The first-order chi connectivity index (χ1) is 19.5. The van der Waals surface area contributed by atoms with E-state index in [4.69, 9.17) is 18.9 Å². The summed E-state index contributed by atoms with van der Waals surface area (Å²) in [4.78, 5) is 0. The highest BCUT2D eigenvalue weighted by molar-refractivity contribution is 5.15. The van der Waals surface area contributed by atoms with Crippen LogP contribution in [0, 0.1) is 52.3 Å². The van der Waals surface area contributed by atoms with Crippen LogP contribution in [0.2, 0.25) is 0 Å². The van der Waals surface area contributed by atoms with Crippen LogP contribution in [0.4, 0.5) is 0 Å². The molecule has 8 nitrogen and oxygen atoms in total. The standard InChI is InChI=1S/C33H54O8/c1-17-7-12-33(38-16-17)18(2)26-24(41-33)14-23-21-6-5-19-13-20(8-10-31(19,3)22(21)9-11-32(23,26)4)39-30-29(37)28(36)27(35)25(15-34)40-30/h17-30,34-37H,5-16H2,1-4H3/t17-,18+,19-,20-,21-,22+,23+,24+,25-,26+,27-,28+,29-,30-,31+,32+,33-/m0/s1. The molecule has 3 aliphatic heterocycles. The minimum atomic E-state index is -1.40. The zero-order valence-electron chi connectivity index (χ0n) is 25.5. The molecule has 1 spiro atoms. The van der Waals surface area contributed by atoms with Gasteiger partial charge in [-0.1, -0.05) is 27.7 Å². The SMILES string of the molecule is C[C@H]1CC[C@]2(OC1)O[C@@H]1C[C@@H]3[C@H]4CC[C@H]5C[C@@H](O[C@H]6O[C@@H](CO)[C@H](O)[C@@H](O)[C@@H]6O)CC[C@@]5(C)[C@@H]4CC[C@@]3(C)[C@@H]1[C@H]2C. The van der Waals surface area contributed by atoms with Crippen LogP contribution in [0.25, 0.3) is 0 Å². The van der Waals surface area contributed by atoms with E-state index in [2.05, 4.69) is 27.7 Å². The van der Waals surface area contributed by atoms with Gasteiger partial charge < -0.3 is 39.4 Å². The van der Waals surface area contributed by atoms with E-state index in [-0.39, 0.29) is 17.3 Å². The van der Waals surface area contributed by atoms with Crippen molar-refractivity contribution in [1.82, 2.24) is 0 Å². The Hall–Kier alpha value is -0.320. The molecule has 0 aromatic rings. The van der Waals surface area contributed by atoms with E-state index in [1.807, 2.05) is 0 Å². The Bertz CT molecular complexity index is 967. The average molecular weight is 579 g/mol. The zero-order valence-corrected chi connectivity index (χ0v) is 25.5. The topological polar surface area (TPSA) is 118 Å². The smallest absolute Gasteiger partial charge is 0.186 e. The Labute approximate surface area is 245 Å². The molecule has 8 heteroatoms. The fourth-order valence-corrected chi connectivity index (χ4v) is 11.7. The number of fused-ring (bicyclic) bond motifs is 7.